The van der Waals surface area contributed by atoms with Crippen molar-refractivity contribution in [1.29, 1.82) is 0 Å². The fourth-order valence-electron chi connectivity index (χ4n) is 1.69. The van der Waals surface area contributed by atoms with E-state index >= 15 is 0 Å². The first-order chi connectivity index (χ1) is 8.60. The Balaban J connectivity index is 2.80. The summed E-state index contributed by atoms with van der Waals surface area (Å²) in [4.78, 5) is 12.0. The molecule has 0 saturated heterocycles. The fourth-order valence-corrected chi connectivity index (χ4v) is 1.69. The Kier molecular flexibility index (Phi) is 4.45. The summed E-state index contributed by atoms with van der Waals surface area (Å²) >= 11 is 0. The van der Waals surface area contributed by atoms with Crippen molar-refractivity contribution >= 4 is 11.6 Å². The van der Waals surface area contributed by atoms with Gasteiger partial charge in [0.25, 0.3) is 5.91 Å². The highest BCUT2D eigenvalue weighted by atomic mass is 16.5. The molecule has 0 aromatic heterocycles. The van der Waals surface area contributed by atoms with E-state index in [1.807, 2.05) is 40.7 Å². The number of nitrogens with two attached hydrogens (primary N) is 1. The van der Waals surface area contributed by atoms with E-state index in [0.29, 0.717) is 11.4 Å². The van der Waals surface area contributed by atoms with Gasteiger partial charge < -0.3 is 15.8 Å². The number of carbonyl (C=O) groups excluding carboxylic acids is 1. The van der Waals surface area contributed by atoms with Crippen molar-refractivity contribution in [2.45, 2.75) is 53.2 Å². The van der Waals surface area contributed by atoms with Gasteiger partial charge in [-0.05, 0) is 52.7 Å². The summed E-state index contributed by atoms with van der Waals surface area (Å²) in [5.74, 6) is 0.519. The molecule has 4 heteroatoms. The molecule has 0 aliphatic rings. The Hall–Kier alpha value is -1.71. The zero-order valence-electron chi connectivity index (χ0n) is 12.6. The number of aryl methyl sites for hydroxylation is 2. The molecule has 0 aliphatic heterocycles. The lowest BCUT2D eigenvalue weighted by molar-refractivity contribution is -0.128. The zero-order valence-corrected chi connectivity index (χ0v) is 12.6. The average Bonchev–Trinajstić information content (AvgIpc) is 2.23. The van der Waals surface area contributed by atoms with Crippen LogP contribution in [0, 0.1) is 13.8 Å². The summed E-state index contributed by atoms with van der Waals surface area (Å²) in [6.07, 6.45) is -0.556. The maximum absolute atomic E-state index is 12.0. The third-order valence-electron chi connectivity index (χ3n) is 2.73. The van der Waals surface area contributed by atoms with Gasteiger partial charge in [0.2, 0.25) is 0 Å². The summed E-state index contributed by atoms with van der Waals surface area (Å²) in [6, 6.07) is 3.73. The first-order valence-electron chi connectivity index (χ1n) is 6.45. The van der Waals surface area contributed by atoms with Gasteiger partial charge in [-0.25, -0.2) is 0 Å². The van der Waals surface area contributed by atoms with Crippen LogP contribution in [0.1, 0.15) is 38.8 Å². The van der Waals surface area contributed by atoms with Gasteiger partial charge in [0, 0.05) is 17.3 Å². The minimum atomic E-state index is -0.556. The molecule has 4 nitrogen and oxygen atoms in total. The van der Waals surface area contributed by atoms with Crippen molar-refractivity contribution in [2.24, 2.45) is 0 Å². The number of nitrogens with one attached hydrogen (secondary N) is 1. The van der Waals surface area contributed by atoms with Crippen molar-refractivity contribution in [1.82, 2.24) is 5.32 Å². The molecule has 106 valence electrons. The van der Waals surface area contributed by atoms with Crippen LogP contribution in [0.25, 0.3) is 0 Å². The Bertz CT molecular complexity index is 476. The Morgan fingerprint density at radius 1 is 1.26 bits per heavy atom. The summed E-state index contributed by atoms with van der Waals surface area (Å²) in [5, 5.41) is 2.89. The van der Waals surface area contributed by atoms with Crippen LogP contribution in [0.2, 0.25) is 0 Å². The van der Waals surface area contributed by atoms with Gasteiger partial charge in [-0.3, -0.25) is 4.79 Å². The maximum atomic E-state index is 12.0. The predicted octanol–water partition coefficient (Wildman–Crippen LogP) is 2.57. The van der Waals surface area contributed by atoms with Crippen molar-refractivity contribution in [2.75, 3.05) is 5.73 Å². The molecule has 0 fully saturated rings. The predicted molar refractivity (Wildman–Crippen MR) is 78.3 cm³/mol. The molecule has 1 unspecified atom stereocenters. The zero-order chi connectivity index (χ0) is 14.8. The maximum Gasteiger partial charge on any atom is 0.261 e. The number of hydrogen-bond acceptors (Lipinski definition) is 3. The molecule has 3 N–H and O–H groups in total. The average molecular weight is 264 g/mol. The number of ether oxygens (including phenoxy) is 1. The van der Waals surface area contributed by atoms with Gasteiger partial charge in [-0.2, -0.15) is 0 Å². The van der Waals surface area contributed by atoms with E-state index in [1.165, 1.54) is 0 Å². The topological polar surface area (TPSA) is 64.3 Å². The Morgan fingerprint density at radius 3 is 2.37 bits per heavy atom. The lowest BCUT2D eigenvalue weighted by Gasteiger charge is -2.24. The van der Waals surface area contributed by atoms with Crippen LogP contribution < -0.4 is 15.8 Å². The van der Waals surface area contributed by atoms with Crippen LogP contribution in [-0.2, 0) is 4.79 Å². The van der Waals surface area contributed by atoms with Gasteiger partial charge in [0.15, 0.2) is 6.10 Å². The first kappa shape index (κ1) is 15.3. The van der Waals surface area contributed by atoms with E-state index in [2.05, 4.69) is 5.32 Å². The lowest BCUT2D eigenvalue weighted by Crippen LogP contribution is -2.46. The van der Waals surface area contributed by atoms with E-state index < -0.39 is 6.10 Å². The molecular formula is C15H24N2O2. The second-order valence-corrected chi connectivity index (χ2v) is 5.97. The molecule has 1 aromatic rings. The first-order valence-corrected chi connectivity index (χ1v) is 6.45. The molecule has 19 heavy (non-hydrogen) atoms. The quantitative estimate of drug-likeness (QED) is 0.825. The van der Waals surface area contributed by atoms with Gasteiger partial charge in [0.05, 0.1) is 0 Å². The van der Waals surface area contributed by atoms with E-state index in [0.717, 1.165) is 11.1 Å². The van der Waals surface area contributed by atoms with E-state index in [4.69, 9.17) is 10.5 Å². The largest absolute Gasteiger partial charge is 0.481 e. The van der Waals surface area contributed by atoms with E-state index in [-0.39, 0.29) is 11.4 Å². The minimum absolute atomic E-state index is 0.133. The van der Waals surface area contributed by atoms with E-state index in [1.54, 1.807) is 13.0 Å². The highest BCUT2D eigenvalue weighted by molar-refractivity contribution is 5.81. The molecule has 0 saturated carbocycles. The third-order valence-corrected chi connectivity index (χ3v) is 2.73. The van der Waals surface area contributed by atoms with Crippen LogP contribution in [-0.4, -0.2) is 17.6 Å². The molecule has 0 heterocycles. The fraction of sp³-hybridized carbons (Fsp3) is 0.533. The van der Waals surface area contributed by atoms with Gasteiger partial charge in [-0.1, -0.05) is 6.07 Å². The normalized spacial score (nSPS) is 12.9. The van der Waals surface area contributed by atoms with Crippen molar-refractivity contribution in [3.63, 3.8) is 0 Å². The van der Waals surface area contributed by atoms with Crippen molar-refractivity contribution < 1.29 is 9.53 Å². The summed E-state index contributed by atoms with van der Waals surface area (Å²) in [7, 11) is 0. The standard InChI is InChI=1S/C15H24N2O2/c1-9-7-10(2)13(8-12(9)16)19-11(3)14(18)17-15(4,5)6/h7-8,11H,16H2,1-6H3,(H,17,18). The molecule has 1 atom stereocenters. The van der Waals surface area contributed by atoms with Crippen LogP contribution in [0.5, 0.6) is 5.75 Å². The Labute approximate surface area is 115 Å². The van der Waals surface area contributed by atoms with Crippen molar-refractivity contribution in [3.8, 4) is 5.75 Å². The monoisotopic (exact) mass is 264 g/mol. The summed E-state index contributed by atoms with van der Waals surface area (Å²) in [5.41, 5.74) is 8.25. The molecule has 1 amide bonds. The molecule has 0 bridgehead atoms. The van der Waals surface area contributed by atoms with E-state index in [9.17, 15) is 4.79 Å². The molecule has 1 rings (SSSR count). The number of hydrogen-bond donors (Lipinski definition) is 2. The number of benzene rings is 1. The summed E-state index contributed by atoms with van der Waals surface area (Å²) in [6.45, 7) is 11.4. The molecule has 0 radical (unpaired) electrons. The highest BCUT2D eigenvalue weighted by Gasteiger charge is 2.21. The summed E-state index contributed by atoms with van der Waals surface area (Å²) < 4.78 is 5.70. The number of rotatable bonds is 3. The second-order valence-electron chi connectivity index (χ2n) is 5.97. The number of amides is 1. The minimum Gasteiger partial charge on any atom is -0.481 e. The van der Waals surface area contributed by atoms with Crippen molar-refractivity contribution in [3.05, 3.63) is 23.3 Å². The smallest absolute Gasteiger partial charge is 0.261 e. The molecule has 0 aliphatic carbocycles. The Morgan fingerprint density at radius 2 is 1.84 bits per heavy atom. The number of carbonyl (C=O) groups is 1. The molecular weight excluding hydrogens is 240 g/mol. The lowest BCUT2D eigenvalue weighted by atomic mass is 10.1. The molecule has 1 aromatic carbocycles. The number of anilines is 1. The van der Waals surface area contributed by atoms with Crippen LogP contribution in [0.4, 0.5) is 5.69 Å². The number of nitrogen functional groups attached to an aromatic ring is 1. The molecule has 0 spiro atoms. The van der Waals surface area contributed by atoms with Crippen LogP contribution in [0.15, 0.2) is 12.1 Å². The van der Waals surface area contributed by atoms with Gasteiger partial charge >= 0.3 is 0 Å². The second kappa shape index (κ2) is 5.51. The third kappa shape index (κ3) is 4.47. The van der Waals surface area contributed by atoms with Crippen LogP contribution >= 0.6 is 0 Å². The highest BCUT2D eigenvalue weighted by Crippen LogP contribution is 2.25. The SMILES string of the molecule is Cc1cc(C)c(OC(C)C(=O)NC(C)(C)C)cc1N. The van der Waals surface area contributed by atoms with Gasteiger partial charge in [-0.15, -0.1) is 0 Å². The van der Waals surface area contributed by atoms with Gasteiger partial charge in [0.1, 0.15) is 5.75 Å². The van der Waals surface area contributed by atoms with Crippen LogP contribution in [0.3, 0.4) is 0 Å².